The number of alkyl halides is 3. The molecule has 0 unspecified atom stereocenters. The lowest BCUT2D eigenvalue weighted by molar-refractivity contribution is -0.142. The van der Waals surface area contributed by atoms with Crippen molar-refractivity contribution in [3.05, 3.63) is 0 Å². The molecule has 0 aromatic carbocycles. The highest BCUT2D eigenvalue weighted by molar-refractivity contribution is 6.02. The van der Waals surface area contributed by atoms with Gasteiger partial charge < -0.3 is 10.5 Å². The second kappa shape index (κ2) is 5.93. The van der Waals surface area contributed by atoms with Crippen molar-refractivity contribution in [2.24, 2.45) is 10.8 Å². The largest absolute Gasteiger partial charge is 0.466 e. The van der Waals surface area contributed by atoms with Crippen molar-refractivity contribution in [3.8, 4) is 0 Å². The number of nitrogens with zero attached hydrogens (tertiary/aromatic N) is 1. The number of ether oxygens (including phenoxy) is 1. The molecule has 0 aromatic heterocycles. The van der Waals surface area contributed by atoms with E-state index in [2.05, 4.69) is 15.6 Å². The molecule has 0 fully saturated rings. The number of hydrazone groups is 1. The Hall–Kier alpha value is -1.80. The number of esters is 1. The van der Waals surface area contributed by atoms with Crippen LogP contribution >= 0.6 is 0 Å². The number of halogens is 3. The molecule has 0 radical (unpaired) electrons. The van der Waals surface area contributed by atoms with Crippen LogP contribution in [0.4, 0.5) is 18.0 Å². The van der Waals surface area contributed by atoms with E-state index in [9.17, 15) is 22.8 Å². The van der Waals surface area contributed by atoms with Crippen LogP contribution in [0.3, 0.4) is 0 Å². The Kier molecular flexibility index (Phi) is 5.26. The number of amides is 2. The molecule has 2 amide bonds. The number of primary amides is 1. The Morgan fingerprint density at radius 2 is 2.00 bits per heavy atom. The fourth-order valence-electron chi connectivity index (χ4n) is 0.674. The SMILES string of the molecule is CCOC(=O)C/C(=N/NC(N)=O)C(F)(F)F. The van der Waals surface area contributed by atoms with E-state index >= 15 is 0 Å². The van der Waals surface area contributed by atoms with Crippen molar-refractivity contribution >= 4 is 17.7 Å². The van der Waals surface area contributed by atoms with Crippen LogP contribution in [0.5, 0.6) is 0 Å². The topological polar surface area (TPSA) is 93.8 Å². The molecule has 0 bridgehead atoms. The van der Waals surface area contributed by atoms with Gasteiger partial charge in [0, 0.05) is 0 Å². The molecular weight excluding hydrogens is 231 g/mol. The minimum atomic E-state index is -4.84. The smallest absolute Gasteiger partial charge is 0.431 e. The molecule has 9 heteroatoms. The van der Waals surface area contributed by atoms with Crippen molar-refractivity contribution in [3.63, 3.8) is 0 Å². The van der Waals surface area contributed by atoms with Gasteiger partial charge in [0.05, 0.1) is 13.0 Å². The van der Waals surface area contributed by atoms with Crippen molar-refractivity contribution in [2.75, 3.05) is 6.61 Å². The quantitative estimate of drug-likeness (QED) is 0.427. The Labute approximate surface area is 88.6 Å². The van der Waals surface area contributed by atoms with E-state index in [0.29, 0.717) is 0 Å². The molecule has 3 N–H and O–H groups in total. The molecule has 0 saturated carbocycles. The zero-order chi connectivity index (χ0) is 12.8. The predicted molar refractivity (Wildman–Crippen MR) is 47.5 cm³/mol. The number of nitrogens with two attached hydrogens (primary N) is 1. The maximum Gasteiger partial charge on any atom is 0.431 e. The summed E-state index contributed by atoms with van der Waals surface area (Å²) in [7, 11) is 0. The summed E-state index contributed by atoms with van der Waals surface area (Å²) in [6, 6.07) is -1.26. The van der Waals surface area contributed by atoms with Gasteiger partial charge in [-0.1, -0.05) is 0 Å². The minimum Gasteiger partial charge on any atom is -0.466 e. The van der Waals surface area contributed by atoms with Crippen molar-refractivity contribution in [1.82, 2.24) is 5.43 Å². The molecule has 0 saturated heterocycles. The second-order valence-corrected chi connectivity index (χ2v) is 2.51. The van der Waals surface area contributed by atoms with Gasteiger partial charge in [-0.05, 0) is 6.92 Å². The second-order valence-electron chi connectivity index (χ2n) is 2.51. The van der Waals surface area contributed by atoms with Gasteiger partial charge in [-0.2, -0.15) is 18.3 Å². The molecule has 0 aliphatic carbocycles. The van der Waals surface area contributed by atoms with E-state index in [1.165, 1.54) is 12.3 Å². The van der Waals surface area contributed by atoms with E-state index in [0.717, 1.165) is 0 Å². The number of nitrogens with one attached hydrogen (secondary N) is 1. The van der Waals surface area contributed by atoms with Crippen LogP contribution in [0.25, 0.3) is 0 Å². The van der Waals surface area contributed by atoms with Crippen LogP contribution in [0, 0.1) is 0 Å². The lowest BCUT2D eigenvalue weighted by Crippen LogP contribution is -2.32. The first-order chi connectivity index (χ1) is 7.27. The number of carbonyl (C=O) groups excluding carboxylic acids is 2. The molecule has 0 aliphatic rings. The highest BCUT2D eigenvalue weighted by Gasteiger charge is 2.37. The van der Waals surface area contributed by atoms with Crippen molar-refractivity contribution in [2.45, 2.75) is 19.5 Å². The summed E-state index contributed by atoms with van der Waals surface area (Å²) in [5, 5.41) is 2.68. The van der Waals surface area contributed by atoms with E-state index < -0.39 is 30.3 Å². The third kappa shape index (κ3) is 5.83. The van der Waals surface area contributed by atoms with Crippen LogP contribution in [-0.2, 0) is 9.53 Å². The van der Waals surface area contributed by atoms with E-state index in [1.54, 1.807) is 0 Å². The normalized spacial score (nSPS) is 12.1. The standard InChI is InChI=1S/C7H10F3N3O3/c1-2-16-5(14)3-4(7(8,9)10)12-13-6(11)15/h2-3H2,1H3,(H3,11,13,15)/b12-4-. The Morgan fingerprint density at radius 3 is 2.38 bits per heavy atom. The predicted octanol–water partition coefficient (Wildman–Crippen LogP) is 0.526. The van der Waals surface area contributed by atoms with Crippen LogP contribution in [0.15, 0.2) is 5.10 Å². The fraction of sp³-hybridized carbons (Fsp3) is 0.571. The Balaban J connectivity index is 4.63. The monoisotopic (exact) mass is 241 g/mol. The van der Waals surface area contributed by atoms with Gasteiger partial charge in [-0.25, -0.2) is 10.2 Å². The molecule has 0 spiro atoms. The van der Waals surface area contributed by atoms with Gasteiger partial charge in [-0.15, -0.1) is 0 Å². The molecule has 0 aromatic rings. The number of rotatable bonds is 4. The first-order valence-electron chi connectivity index (χ1n) is 4.12. The maximum absolute atomic E-state index is 12.2. The summed E-state index contributed by atoms with van der Waals surface area (Å²) in [6.07, 6.45) is -5.92. The third-order valence-corrected chi connectivity index (χ3v) is 1.25. The van der Waals surface area contributed by atoms with E-state index in [-0.39, 0.29) is 6.61 Å². The number of hydrogen-bond donors (Lipinski definition) is 2. The minimum absolute atomic E-state index is 0.0484. The molecule has 0 atom stereocenters. The molecule has 92 valence electrons. The summed E-state index contributed by atoms with van der Waals surface area (Å²) < 4.78 is 41.0. The first kappa shape index (κ1) is 14.2. The van der Waals surface area contributed by atoms with Gasteiger partial charge >= 0.3 is 18.2 Å². The summed E-state index contributed by atoms with van der Waals surface area (Å²) in [5.41, 5.74) is 4.45. The number of urea groups is 1. The summed E-state index contributed by atoms with van der Waals surface area (Å²) >= 11 is 0. The molecule has 0 aliphatic heterocycles. The number of carbonyl (C=O) groups is 2. The van der Waals surface area contributed by atoms with Crippen LogP contribution in [-0.4, -0.2) is 30.5 Å². The molecular formula is C7H10F3N3O3. The summed E-state index contributed by atoms with van der Waals surface area (Å²) in [4.78, 5) is 21.0. The summed E-state index contributed by atoms with van der Waals surface area (Å²) in [6.45, 7) is 1.40. The average Bonchev–Trinajstić information content (AvgIpc) is 2.10. The maximum atomic E-state index is 12.2. The molecule has 0 rings (SSSR count). The van der Waals surface area contributed by atoms with E-state index in [1.807, 2.05) is 0 Å². The zero-order valence-electron chi connectivity index (χ0n) is 8.30. The third-order valence-electron chi connectivity index (χ3n) is 1.25. The van der Waals surface area contributed by atoms with E-state index in [4.69, 9.17) is 0 Å². The summed E-state index contributed by atoms with van der Waals surface area (Å²) in [5.74, 6) is -1.09. The molecule has 6 nitrogen and oxygen atoms in total. The molecule has 0 heterocycles. The fourth-order valence-corrected chi connectivity index (χ4v) is 0.674. The first-order valence-corrected chi connectivity index (χ1v) is 4.12. The highest BCUT2D eigenvalue weighted by atomic mass is 19.4. The van der Waals surface area contributed by atoms with Crippen LogP contribution in [0.2, 0.25) is 0 Å². The van der Waals surface area contributed by atoms with Crippen LogP contribution in [0.1, 0.15) is 13.3 Å². The lowest BCUT2D eigenvalue weighted by atomic mass is 10.2. The number of hydrogen-bond acceptors (Lipinski definition) is 4. The van der Waals surface area contributed by atoms with Gasteiger partial charge in [0.1, 0.15) is 0 Å². The molecule has 16 heavy (non-hydrogen) atoms. The Bertz CT molecular complexity index is 301. The van der Waals surface area contributed by atoms with Gasteiger partial charge in [-0.3, -0.25) is 4.79 Å². The lowest BCUT2D eigenvalue weighted by Gasteiger charge is -2.09. The highest BCUT2D eigenvalue weighted by Crippen LogP contribution is 2.19. The van der Waals surface area contributed by atoms with Gasteiger partial charge in [0.25, 0.3) is 0 Å². The average molecular weight is 241 g/mol. The zero-order valence-corrected chi connectivity index (χ0v) is 8.30. The van der Waals surface area contributed by atoms with Crippen molar-refractivity contribution < 1.29 is 27.5 Å². The Morgan fingerprint density at radius 1 is 1.44 bits per heavy atom. The van der Waals surface area contributed by atoms with Crippen LogP contribution < -0.4 is 11.2 Å². The van der Waals surface area contributed by atoms with Gasteiger partial charge in [0.2, 0.25) is 0 Å². The van der Waals surface area contributed by atoms with Gasteiger partial charge in [0.15, 0.2) is 5.71 Å². The van der Waals surface area contributed by atoms with Crippen molar-refractivity contribution in [1.29, 1.82) is 0 Å².